The van der Waals surface area contributed by atoms with Crippen molar-refractivity contribution in [3.63, 3.8) is 0 Å². The zero-order valence-corrected chi connectivity index (χ0v) is 12.8. The van der Waals surface area contributed by atoms with Crippen LogP contribution in [0.4, 0.5) is 10.8 Å². The summed E-state index contributed by atoms with van der Waals surface area (Å²) in [5.74, 6) is 0.189. The van der Waals surface area contributed by atoms with Crippen molar-refractivity contribution in [1.29, 1.82) is 0 Å². The van der Waals surface area contributed by atoms with Gasteiger partial charge in [-0.15, -0.1) is 0 Å². The number of benzene rings is 2. The number of carbonyl (C=O) groups excluding carboxylic acids is 1. The van der Waals surface area contributed by atoms with Crippen molar-refractivity contribution >= 4 is 38.2 Å². The molecule has 0 saturated carbocycles. The average molecular weight is 296 g/mol. The lowest BCUT2D eigenvalue weighted by atomic mass is 10.0. The van der Waals surface area contributed by atoms with Crippen molar-refractivity contribution in [1.82, 2.24) is 4.98 Å². The molecule has 3 nitrogen and oxygen atoms in total. The number of nitrogens with one attached hydrogen (secondary N) is 1. The first-order chi connectivity index (χ1) is 10.1. The number of carbonyl (C=O) groups is 1. The third-order valence-corrected chi connectivity index (χ3v) is 4.19. The number of ketones is 1. The van der Waals surface area contributed by atoms with Crippen molar-refractivity contribution in [3.05, 3.63) is 54.1 Å². The van der Waals surface area contributed by atoms with Crippen LogP contribution in [-0.4, -0.2) is 10.8 Å². The van der Waals surface area contributed by atoms with E-state index in [0.717, 1.165) is 26.6 Å². The fraction of sp³-hybridized carbons (Fsp3) is 0.176. The number of fused-ring (bicyclic) bond motifs is 1. The van der Waals surface area contributed by atoms with E-state index in [1.807, 2.05) is 56.3 Å². The van der Waals surface area contributed by atoms with Crippen molar-refractivity contribution in [2.75, 3.05) is 5.32 Å². The monoisotopic (exact) mass is 296 g/mol. The van der Waals surface area contributed by atoms with Crippen LogP contribution in [0, 0.1) is 5.92 Å². The lowest BCUT2D eigenvalue weighted by Crippen LogP contribution is -2.07. The van der Waals surface area contributed by atoms with E-state index in [2.05, 4.69) is 16.4 Å². The number of aromatic nitrogens is 1. The van der Waals surface area contributed by atoms with E-state index in [-0.39, 0.29) is 11.7 Å². The van der Waals surface area contributed by atoms with E-state index >= 15 is 0 Å². The van der Waals surface area contributed by atoms with Gasteiger partial charge in [0.05, 0.1) is 10.2 Å². The summed E-state index contributed by atoms with van der Waals surface area (Å²) in [5, 5.41) is 4.15. The molecule has 0 unspecified atom stereocenters. The molecule has 0 aliphatic carbocycles. The molecule has 0 amide bonds. The minimum atomic E-state index is 0.0214. The summed E-state index contributed by atoms with van der Waals surface area (Å²) in [7, 11) is 0. The molecule has 3 aromatic rings. The summed E-state index contributed by atoms with van der Waals surface area (Å²) in [4.78, 5) is 16.4. The number of hydrogen-bond donors (Lipinski definition) is 1. The van der Waals surface area contributed by atoms with E-state index in [9.17, 15) is 4.79 Å². The highest BCUT2D eigenvalue weighted by molar-refractivity contribution is 7.22. The Balaban J connectivity index is 1.80. The Morgan fingerprint density at radius 2 is 1.81 bits per heavy atom. The SMILES string of the molecule is CC(C)C(=O)c1ccc(Nc2nc3ccccc3s2)cc1. The Bertz CT molecular complexity index is 742. The van der Waals surface area contributed by atoms with E-state index in [0.29, 0.717) is 0 Å². The minimum absolute atomic E-state index is 0.0214. The van der Waals surface area contributed by atoms with Gasteiger partial charge in [0, 0.05) is 17.2 Å². The second-order valence-electron chi connectivity index (χ2n) is 5.21. The topological polar surface area (TPSA) is 42.0 Å². The van der Waals surface area contributed by atoms with Crippen molar-refractivity contribution < 1.29 is 4.79 Å². The third-order valence-electron chi connectivity index (χ3n) is 3.24. The predicted octanol–water partition coefficient (Wildman–Crippen LogP) is 4.88. The van der Waals surface area contributed by atoms with Gasteiger partial charge < -0.3 is 5.32 Å². The lowest BCUT2D eigenvalue weighted by Gasteiger charge is -2.06. The van der Waals surface area contributed by atoms with Crippen LogP contribution in [0.1, 0.15) is 24.2 Å². The Labute approximate surface area is 127 Å². The number of thiazole rings is 1. The van der Waals surface area contributed by atoms with Gasteiger partial charge in [0.25, 0.3) is 0 Å². The minimum Gasteiger partial charge on any atom is -0.332 e. The molecule has 4 heteroatoms. The molecule has 0 fully saturated rings. The molecular formula is C17H16N2OS. The Morgan fingerprint density at radius 3 is 2.48 bits per heavy atom. The van der Waals surface area contributed by atoms with Gasteiger partial charge in [0.1, 0.15) is 0 Å². The number of anilines is 2. The molecule has 2 aromatic carbocycles. The normalized spacial score (nSPS) is 11.0. The zero-order chi connectivity index (χ0) is 14.8. The van der Waals surface area contributed by atoms with E-state index in [4.69, 9.17) is 0 Å². The smallest absolute Gasteiger partial charge is 0.188 e. The van der Waals surface area contributed by atoms with Gasteiger partial charge in [-0.1, -0.05) is 37.3 Å². The van der Waals surface area contributed by atoms with Crippen LogP contribution in [0.25, 0.3) is 10.2 Å². The summed E-state index contributed by atoms with van der Waals surface area (Å²) in [6.07, 6.45) is 0. The van der Waals surface area contributed by atoms with Gasteiger partial charge in [-0.3, -0.25) is 4.79 Å². The zero-order valence-electron chi connectivity index (χ0n) is 12.0. The second-order valence-corrected chi connectivity index (χ2v) is 6.24. The van der Waals surface area contributed by atoms with Crippen LogP contribution < -0.4 is 5.32 Å². The highest BCUT2D eigenvalue weighted by Gasteiger charge is 2.10. The van der Waals surface area contributed by atoms with Crippen LogP contribution in [0.5, 0.6) is 0 Å². The first kappa shape index (κ1) is 13.8. The van der Waals surface area contributed by atoms with Gasteiger partial charge in [0.15, 0.2) is 10.9 Å². The molecule has 0 radical (unpaired) electrons. The molecule has 0 saturated heterocycles. The summed E-state index contributed by atoms with van der Waals surface area (Å²) in [6.45, 7) is 3.82. The van der Waals surface area contributed by atoms with E-state index in [1.165, 1.54) is 0 Å². The quantitative estimate of drug-likeness (QED) is 0.698. The molecule has 21 heavy (non-hydrogen) atoms. The van der Waals surface area contributed by atoms with Crippen LogP contribution in [-0.2, 0) is 0 Å². The van der Waals surface area contributed by atoms with Gasteiger partial charge in [-0.2, -0.15) is 0 Å². The maximum Gasteiger partial charge on any atom is 0.188 e. The number of para-hydroxylation sites is 1. The number of nitrogens with zero attached hydrogens (tertiary/aromatic N) is 1. The Morgan fingerprint density at radius 1 is 1.10 bits per heavy atom. The first-order valence-corrected chi connectivity index (χ1v) is 7.72. The van der Waals surface area contributed by atoms with E-state index < -0.39 is 0 Å². The molecule has 106 valence electrons. The number of hydrogen-bond acceptors (Lipinski definition) is 4. The molecule has 0 aliphatic rings. The number of rotatable bonds is 4. The number of Topliss-reactive ketones (excluding diaryl/α,β-unsaturated/α-hetero) is 1. The standard InChI is InChI=1S/C17H16N2OS/c1-11(2)16(20)12-7-9-13(10-8-12)18-17-19-14-5-3-4-6-15(14)21-17/h3-11H,1-2H3,(H,18,19). The van der Waals surface area contributed by atoms with Gasteiger partial charge >= 0.3 is 0 Å². The first-order valence-electron chi connectivity index (χ1n) is 6.90. The van der Waals surface area contributed by atoms with Crippen LogP contribution in [0.15, 0.2) is 48.5 Å². The second kappa shape index (κ2) is 5.66. The highest BCUT2D eigenvalue weighted by Crippen LogP contribution is 2.28. The Kier molecular flexibility index (Phi) is 3.71. The Hall–Kier alpha value is -2.20. The maximum atomic E-state index is 11.9. The van der Waals surface area contributed by atoms with Crippen molar-refractivity contribution in [2.45, 2.75) is 13.8 Å². The molecule has 3 rings (SSSR count). The summed E-state index contributed by atoms with van der Waals surface area (Å²) in [6, 6.07) is 15.6. The van der Waals surface area contributed by atoms with Crippen molar-refractivity contribution in [2.24, 2.45) is 5.92 Å². The summed E-state index contributed by atoms with van der Waals surface area (Å²) >= 11 is 1.62. The molecule has 1 heterocycles. The summed E-state index contributed by atoms with van der Waals surface area (Å²) < 4.78 is 1.16. The molecule has 0 aliphatic heterocycles. The summed E-state index contributed by atoms with van der Waals surface area (Å²) in [5.41, 5.74) is 2.69. The van der Waals surface area contributed by atoms with Gasteiger partial charge in [0.2, 0.25) is 0 Å². The molecule has 0 spiro atoms. The van der Waals surface area contributed by atoms with Gasteiger partial charge in [-0.05, 0) is 36.4 Å². The fourth-order valence-electron chi connectivity index (χ4n) is 2.10. The average Bonchev–Trinajstić information content (AvgIpc) is 2.89. The predicted molar refractivity (Wildman–Crippen MR) is 88.5 cm³/mol. The fourth-order valence-corrected chi connectivity index (χ4v) is 2.99. The lowest BCUT2D eigenvalue weighted by molar-refractivity contribution is 0.0939. The molecule has 1 N–H and O–H groups in total. The van der Waals surface area contributed by atoms with Crippen LogP contribution in [0.2, 0.25) is 0 Å². The van der Waals surface area contributed by atoms with Gasteiger partial charge in [-0.25, -0.2) is 4.98 Å². The third kappa shape index (κ3) is 2.95. The van der Waals surface area contributed by atoms with Crippen LogP contribution in [0.3, 0.4) is 0 Å². The highest BCUT2D eigenvalue weighted by atomic mass is 32.1. The van der Waals surface area contributed by atoms with Crippen LogP contribution >= 0.6 is 11.3 Å². The van der Waals surface area contributed by atoms with E-state index in [1.54, 1.807) is 11.3 Å². The maximum absolute atomic E-state index is 11.9. The molecule has 0 bridgehead atoms. The molecule has 1 aromatic heterocycles. The van der Waals surface area contributed by atoms with Crippen molar-refractivity contribution in [3.8, 4) is 0 Å². The molecular weight excluding hydrogens is 280 g/mol. The largest absolute Gasteiger partial charge is 0.332 e. The molecule has 0 atom stereocenters.